The number of thiophene rings is 1. The molecule has 5 heteroatoms. The number of carbonyl (C=O) groups excluding carboxylic acids is 1. The zero-order chi connectivity index (χ0) is 14.5. The third-order valence-electron chi connectivity index (χ3n) is 3.31. The SMILES string of the molecule is CC(=O)c1cc(CN(C)[C@@H](C)Cc2cnccn2)cs1. The molecule has 0 saturated carbocycles. The molecule has 0 aliphatic carbocycles. The van der Waals surface area contributed by atoms with Gasteiger partial charge in [0.05, 0.1) is 10.6 Å². The fraction of sp³-hybridized carbons (Fsp3) is 0.400. The normalized spacial score (nSPS) is 12.6. The summed E-state index contributed by atoms with van der Waals surface area (Å²) in [6.45, 7) is 4.62. The Kier molecular flexibility index (Phi) is 4.98. The van der Waals surface area contributed by atoms with Crippen molar-refractivity contribution in [3.63, 3.8) is 0 Å². The van der Waals surface area contributed by atoms with Crippen LogP contribution in [0.4, 0.5) is 0 Å². The maximum atomic E-state index is 11.3. The highest BCUT2D eigenvalue weighted by atomic mass is 32.1. The first-order valence-electron chi connectivity index (χ1n) is 6.59. The molecule has 20 heavy (non-hydrogen) atoms. The number of rotatable bonds is 6. The Hall–Kier alpha value is -1.59. The van der Waals surface area contributed by atoms with Crippen LogP contribution in [-0.2, 0) is 13.0 Å². The molecular formula is C15H19N3OS. The quantitative estimate of drug-likeness (QED) is 0.767. The van der Waals surface area contributed by atoms with E-state index in [1.54, 1.807) is 19.3 Å². The van der Waals surface area contributed by atoms with Gasteiger partial charge in [0.15, 0.2) is 5.78 Å². The molecule has 0 N–H and O–H groups in total. The van der Waals surface area contributed by atoms with Crippen molar-refractivity contribution in [1.82, 2.24) is 14.9 Å². The topological polar surface area (TPSA) is 46.1 Å². The minimum atomic E-state index is 0.136. The van der Waals surface area contributed by atoms with Crippen molar-refractivity contribution in [3.05, 3.63) is 46.2 Å². The number of carbonyl (C=O) groups is 1. The molecule has 106 valence electrons. The number of ketones is 1. The summed E-state index contributed by atoms with van der Waals surface area (Å²) in [5.74, 6) is 0.136. The van der Waals surface area contributed by atoms with E-state index in [1.165, 1.54) is 16.9 Å². The monoisotopic (exact) mass is 289 g/mol. The van der Waals surface area contributed by atoms with Gasteiger partial charge in [0.1, 0.15) is 0 Å². The van der Waals surface area contributed by atoms with Crippen LogP contribution in [0.5, 0.6) is 0 Å². The predicted octanol–water partition coefficient (Wildman–Crippen LogP) is 2.80. The average Bonchev–Trinajstić information content (AvgIpc) is 2.88. The van der Waals surface area contributed by atoms with Crippen molar-refractivity contribution in [2.75, 3.05) is 7.05 Å². The lowest BCUT2D eigenvalue weighted by Gasteiger charge is -2.23. The molecule has 1 atom stereocenters. The van der Waals surface area contributed by atoms with E-state index in [0.29, 0.717) is 6.04 Å². The summed E-state index contributed by atoms with van der Waals surface area (Å²) < 4.78 is 0. The summed E-state index contributed by atoms with van der Waals surface area (Å²) in [7, 11) is 2.09. The molecule has 0 amide bonds. The zero-order valence-electron chi connectivity index (χ0n) is 12.0. The third-order valence-corrected chi connectivity index (χ3v) is 4.39. The summed E-state index contributed by atoms with van der Waals surface area (Å²) in [4.78, 5) is 22.8. The lowest BCUT2D eigenvalue weighted by molar-refractivity contribution is 0.102. The summed E-state index contributed by atoms with van der Waals surface area (Å²) in [6, 6.07) is 2.35. The van der Waals surface area contributed by atoms with E-state index in [1.807, 2.05) is 12.3 Å². The van der Waals surface area contributed by atoms with Crippen LogP contribution in [0.1, 0.15) is 34.8 Å². The molecule has 0 spiro atoms. The average molecular weight is 289 g/mol. The van der Waals surface area contributed by atoms with Gasteiger partial charge in [0, 0.05) is 37.6 Å². The first-order valence-corrected chi connectivity index (χ1v) is 7.47. The fourth-order valence-corrected chi connectivity index (χ4v) is 2.79. The van der Waals surface area contributed by atoms with Crippen LogP contribution < -0.4 is 0 Å². The molecule has 2 rings (SSSR count). The minimum absolute atomic E-state index is 0.136. The van der Waals surface area contributed by atoms with Gasteiger partial charge < -0.3 is 0 Å². The Bertz CT molecular complexity index is 568. The van der Waals surface area contributed by atoms with E-state index in [9.17, 15) is 4.79 Å². The Balaban J connectivity index is 1.93. The van der Waals surface area contributed by atoms with Gasteiger partial charge in [-0.3, -0.25) is 19.7 Å². The third kappa shape index (κ3) is 3.95. The van der Waals surface area contributed by atoms with Crippen LogP contribution in [0.15, 0.2) is 30.0 Å². The van der Waals surface area contributed by atoms with Crippen molar-refractivity contribution in [3.8, 4) is 0 Å². The lowest BCUT2D eigenvalue weighted by Crippen LogP contribution is -2.30. The molecule has 0 unspecified atom stereocenters. The highest BCUT2D eigenvalue weighted by molar-refractivity contribution is 7.12. The smallest absolute Gasteiger partial charge is 0.169 e. The van der Waals surface area contributed by atoms with Gasteiger partial charge in [-0.1, -0.05) is 0 Å². The van der Waals surface area contributed by atoms with Crippen LogP contribution in [0.3, 0.4) is 0 Å². The van der Waals surface area contributed by atoms with Crippen molar-refractivity contribution < 1.29 is 4.79 Å². The second-order valence-electron chi connectivity index (χ2n) is 5.04. The molecule has 0 aromatic carbocycles. The highest BCUT2D eigenvalue weighted by Crippen LogP contribution is 2.17. The number of hydrogen-bond donors (Lipinski definition) is 0. The molecule has 4 nitrogen and oxygen atoms in total. The lowest BCUT2D eigenvalue weighted by atomic mass is 10.1. The summed E-state index contributed by atoms with van der Waals surface area (Å²) in [5.41, 5.74) is 2.19. The molecule has 0 aliphatic rings. The maximum absolute atomic E-state index is 11.3. The Morgan fingerprint density at radius 1 is 1.45 bits per heavy atom. The number of hydrogen-bond acceptors (Lipinski definition) is 5. The molecular weight excluding hydrogens is 270 g/mol. The van der Waals surface area contributed by atoms with Crippen LogP contribution in [0.25, 0.3) is 0 Å². The summed E-state index contributed by atoms with van der Waals surface area (Å²) >= 11 is 1.52. The van der Waals surface area contributed by atoms with Gasteiger partial charge >= 0.3 is 0 Å². The number of Topliss-reactive ketones (excluding diaryl/α,β-unsaturated/α-hetero) is 1. The van der Waals surface area contributed by atoms with Gasteiger partial charge in [0.25, 0.3) is 0 Å². The maximum Gasteiger partial charge on any atom is 0.169 e. The molecule has 0 bridgehead atoms. The molecule has 0 radical (unpaired) electrons. The fourth-order valence-electron chi connectivity index (χ4n) is 1.98. The molecule has 2 aromatic rings. The Labute approximate surface area is 123 Å². The van der Waals surface area contributed by atoms with E-state index < -0.39 is 0 Å². The van der Waals surface area contributed by atoms with E-state index in [-0.39, 0.29) is 5.78 Å². The van der Waals surface area contributed by atoms with Crippen molar-refractivity contribution in [1.29, 1.82) is 0 Å². The van der Waals surface area contributed by atoms with Gasteiger partial charge in [-0.25, -0.2) is 0 Å². The van der Waals surface area contributed by atoms with Crippen LogP contribution in [0.2, 0.25) is 0 Å². The molecule has 2 heterocycles. The van der Waals surface area contributed by atoms with Gasteiger partial charge in [-0.05, 0) is 37.9 Å². The van der Waals surface area contributed by atoms with Crippen LogP contribution >= 0.6 is 11.3 Å². The standard InChI is InChI=1S/C15H19N3OS/c1-11(6-14-8-16-4-5-17-14)18(3)9-13-7-15(12(2)19)20-10-13/h4-5,7-8,10-11H,6,9H2,1-3H3/t11-/m0/s1. The minimum Gasteiger partial charge on any atom is -0.299 e. The van der Waals surface area contributed by atoms with E-state index in [2.05, 4.69) is 34.2 Å². The van der Waals surface area contributed by atoms with E-state index in [4.69, 9.17) is 0 Å². The predicted molar refractivity (Wildman–Crippen MR) is 81.0 cm³/mol. The molecule has 0 fully saturated rings. The zero-order valence-corrected chi connectivity index (χ0v) is 12.9. The van der Waals surface area contributed by atoms with Gasteiger partial charge in [-0.15, -0.1) is 11.3 Å². The Morgan fingerprint density at radius 2 is 2.25 bits per heavy atom. The van der Waals surface area contributed by atoms with Crippen molar-refractivity contribution >= 4 is 17.1 Å². The highest BCUT2D eigenvalue weighted by Gasteiger charge is 2.13. The van der Waals surface area contributed by atoms with Crippen molar-refractivity contribution in [2.45, 2.75) is 32.9 Å². The largest absolute Gasteiger partial charge is 0.299 e. The number of nitrogens with zero attached hydrogens (tertiary/aromatic N) is 3. The Morgan fingerprint density at radius 3 is 2.85 bits per heavy atom. The number of aromatic nitrogens is 2. The van der Waals surface area contributed by atoms with Crippen molar-refractivity contribution in [2.24, 2.45) is 0 Å². The van der Waals surface area contributed by atoms with E-state index in [0.717, 1.165) is 23.5 Å². The van der Waals surface area contributed by atoms with Crippen LogP contribution in [0, 0.1) is 0 Å². The first kappa shape index (κ1) is 14.8. The van der Waals surface area contributed by atoms with Gasteiger partial charge in [-0.2, -0.15) is 0 Å². The van der Waals surface area contributed by atoms with Gasteiger partial charge in [0.2, 0.25) is 0 Å². The molecule has 0 aliphatic heterocycles. The summed E-state index contributed by atoms with van der Waals surface area (Å²) in [5, 5.41) is 2.06. The molecule has 2 aromatic heterocycles. The first-order chi connectivity index (χ1) is 9.56. The molecule has 0 saturated heterocycles. The number of likely N-dealkylation sites (N-methyl/N-ethyl adjacent to an activating group) is 1. The second-order valence-corrected chi connectivity index (χ2v) is 5.95. The van der Waals surface area contributed by atoms with E-state index >= 15 is 0 Å². The van der Waals surface area contributed by atoms with Crippen LogP contribution in [-0.4, -0.2) is 33.7 Å². The second kappa shape index (κ2) is 6.72. The summed E-state index contributed by atoms with van der Waals surface area (Å²) in [6.07, 6.45) is 6.09.